The maximum Gasteiger partial charge on any atom is 0.273 e. The van der Waals surface area contributed by atoms with Gasteiger partial charge in [-0.05, 0) is 20.4 Å². The van der Waals surface area contributed by atoms with E-state index in [1.54, 1.807) is 6.92 Å². The van der Waals surface area contributed by atoms with Crippen molar-refractivity contribution in [3.05, 3.63) is 17.4 Å². The first-order chi connectivity index (χ1) is 9.85. The van der Waals surface area contributed by atoms with E-state index in [2.05, 4.69) is 17.0 Å². The van der Waals surface area contributed by atoms with Gasteiger partial charge in [-0.1, -0.05) is 19.8 Å². The van der Waals surface area contributed by atoms with E-state index in [4.69, 9.17) is 10.2 Å². The summed E-state index contributed by atoms with van der Waals surface area (Å²) in [6, 6.07) is 1.10. The van der Waals surface area contributed by atoms with Gasteiger partial charge in [0.2, 0.25) is 5.09 Å². The van der Waals surface area contributed by atoms with Crippen LogP contribution in [0.2, 0.25) is 0 Å². The normalized spacial score (nSPS) is 13.1. The lowest BCUT2D eigenvalue weighted by molar-refractivity contribution is 0.0934. The van der Waals surface area contributed by atoms with Crippen LogP contribution in [0.1, 0.15) is 42.3 Å². The number of nitrogens with two attached hydrogens (primary N) is 1. The van der Waals surface area contributed by atoms with Crippen LogP contribution in [-0.4, -0.2) is 34.0 Å². The van der Waals surface area contributed by atoms with Crippen molar-refractivity contribution >= 4 is 15.9 Å². The minimum absolute atomic E-state index is 0.129. The first-order valence-corrected chi connectivity index (χ1v) is 8.38. The maximum absolute atomic E-state index is 12.2. The van der Waals surface area contributed by atoms with Gasteiger partial charge in [0, 0.05) is 18.7 Å². The first-order valence-electron chi connectivity index (χ1n) is 6.90. The van der Waals surface area contributed by atoms with Gasteiger partial charge in [-0.25, -0.2) is 13.1 Å². The number of hydrogen-bond acceptors (Lipinski definition) is 5. The van der Waals surface area contributed by atoms with Crippen LogP contribution in [0, 0.1) is 6.92 Å². The van der Waals surface area contributed by atoms with E-state index in [0.717, 1.165) is 19.3 Å². The molecule has 8 heteroatoms. The largest absolute Gasteiger partial charge is 0.448 e. The lowest BCUT2D eigenvalue weighted by Gasteiger charge is -2.15. The Labute approximate surface area is 125 Å². The maximum atomic E-state index is 12.2. The molecule has 1 aromatic rings. The van der Waals surface area contributed by atoms with Gasteiger partial charge in [0.1, 0.15) is 5.76 Å². The van der Waals surface area contributed by atoms with E-state index in [-0.39, 0.29) is 28.4 Å². The summed E-state index contributed by atoms with van der Waals surface area (Å²) in [5, 5.41) is 2.53. The topological polar surface area (TPSA) is 114 Å². The van der Waals surface area contributed by atoms with Crippen molar-refractivity contribution in [2.24, 2.45) is 5.73 Å². The Bertz CT molecular complexity index is 580. The fourth-order valence-corrected chi connectivity index (χ4v) is 2.58. The predicted octanol–water partition coefficient (Wildman–Crippen LogP) is 0.743. The Morgan fingerprint density at radius 3 is 2.67 bits per heavy atom. The number of rotatable bonds is 8. The molecule has 1 atom stereocenters. The number of furan rings is 1. The quantitative estimate of drug-likeness (QED) is 0.654. The van der Waals surface area contributed by atoms with E-state index in [9.17, 15) is 13.2 Å². The molecule has 1 amide bonds. The number of carbonyl (C=O) groups is 1. The molecule has 1 rings (SSSR count). The highest BCUT2D eigenvalue weighted by Crippen LogP contribution is 2.19. The molecule has 0 saturated carbocycles. The zero-order chi connectivity index (χ0) is 16.0. The number of aryl methyl sites for hydroxylation is 1. The Morgan fingerprint density at radius 2 is 2.14 bits per heavy atom. The highest BCUT2D eigenvalue weighted by Gasteiger charge is 2.23. The van der Waals surface area contributed by atoms with Crippen molar-refractivity contribution in [2.45, 2.75) is 44.2 Å². The molecule has 0 fully saturated rings. The van der Waals surface area contributed by atoms with Gasteiger partial charge in [0.15, 0.2) is 0 Å². The third-order valence-corrected chi connectivity index (χ3v) is 4.47. The lowest BCUT2D eigenvalue weighted by atomic mass is 10.1. The summed E-state index contributed by atoms with van der Waals surface area (Å²) in [7, 11) is -2.42. The molecule has 0 radical (unpaired) electrons. The zero-order valence-electron chi connectivity index (χ0n) is 12.6. The fourth-order valence-electron chi connectivity index (χ4n) is 1.88. The Hall–Kier alpha value is -1.38. The van der Waals surface area contributed by atoms with E-state index >= 15 is 0 Å². The van der Waals surface area contributed by atoms with E-state index in [1.165, 1.54) is 13.1 Å². The summed E-state index contributed by atoms with van der Waals surface area (Å²) >= 11 is 0. The smallest absolute Gasteiger partial charge is 0.273 e. The third-order valence-electron chi connectivity index (χ3n) is 3.20. The highest BCUT2D eigenvalue weighted by molar-refractivity contribution is 7.89. The molecule has 1 heterocycles. The van der Waals surface area contributed by atoms with Gasteiger partial charge in [-0.3, -0.25) is 4.79 Å². The van der Waals surface area contributed by atoms with Crippen molar-refractivity contribution < 1.29 is 17.6 Å². The molecule has 0 aliphatic carbocycles. The van der Waals surface area contributed by atoms with Crippen molar-refractivity contribution in [3.8, 4) is 0 Å². The van der Waals surface area contributed by atoms with Gasteiger partial charge in [0.05, 0.1) is 5.56 Å². The molecule has 0 saturated heterocycles. The van der Waals surface area contributed by atoms with Crippen molar-refractivity contribution in [2.75, 3.05) is 13.6 Å². The SMILES string of the molecule is CCCCC(CN)NC(=O)c1cc(S(=O)(=O)NC)oc1C. The minimum Gasteiger partial charge on any atom is -0.448 e. The number of amides is 1. The van der Waals surface area contributed by atoms with Crippen LogP contribution in [0.25, 0.3) is 0 Å². The second-order valence-corrected chi connectivity index (χ2v) is 6.61. The van der Waals surface area contributed by atoms with Gasteiger partial charge < -0.3 is 15.5 Å². The molecule has 1 aromatic heterocycles. The lowest BCUT2D eigenvalue weighted by Crippen LogP contribution is -2.40. The molecule has 120 valence electrons. The second kappa shape index (κ2) is 7.58. The van der Waals surface area contributed by atoms with Crippen molar-refractivity contribution in [1.82, 2.24) is 10.0 Å². The summed E-state index contributed by atoms with van der Waals surface area (Å²) in [6.45, 7) is 3.95. The van der Waals surface area contributed by atoms with E-state index in [1.807, 2.05) is 0 Å². The molecule has 0 aromatic carbocycles. The van der Waals surface area contributed by atoms with Gasteiger partial charge >= 0.3 is 0 Å². The molecular weight excluding hydrogens is 294 g/mol. The van der Waals surface area contributed by atoms with E-state index < -0.39 is 10.0 Å². The van der Waals surface area contributed by atoms with Gasteiger partial charge in [0.25, 0.3) is 15.9 Å². The second-order valence-electron chi connectivity index (χ2n) is 4.79. The van der Waals surface area contributed by atoms with Crippen LogP contribution in [0.15, 0.2) is 15.6 Å². The fraction of sp³-hybridized carbons (Fsp3) is 0.615. The molecular formula is C13H23N3O4S. The highest BCUT2D eigenvalue weighted by atomic mass is 32.2. The van der Waals surface area contributed by atoms with Crippen LogP contribution in [-0.2, 0) is 10.0 Å². The standard InChI is InChI=1S/C13H23N3O4S/c1-4-5-6-10(8-14)16-13(17)11-7-12(20-9(11)2)21(18,19)15-3/h7,10,15H,4-6,8,14H2,1-3H3,(H,16,17). The number of nitrogens with one attached hydrogen (secondary N) is 2. The Kier molecular flexibility index (Phi) is 6.38. The average Bonchev–Trinajstić information content (AvgIpc) is 2.86. The summed E-state index contributed by atoms with van der Waals surface area (Å²) in [4.78, 5) is 12.2. The van der Waals surface area contributed by atoms with Gasteiger partial charge in [-0.2, -0.15) is 0 Å². The van der Waals surface area contributed by atoms with Gasteiger partial charge in [-0.15, -0.1) is 0 Å². The third kappa shape index (κ3) is 4.55. The number of unbranched alkanes of at least 4 members (excludes halogenated alkanes) is 1. The minimum atomic E-state index is -3.70. The monoisotopic (exact) mass is 317 g/mol. The first kappa shape index (κ1) is 17.7. The van der Waals surface area contributed by atoms with Crippen LogP contribution >= 0.6 is 0 Å². The molecule has 0 aliphatic rings. The van der Waals surface area contributed by atoms with Crippen LogP contribution in [0.5, 0.6) is 0 Å². The molecule has 21 heavy (non-hydrogen) atoms. The average molecular weight is 317 g/mol. The van der Waals surface area contributed by atoms with Crippen LogP contribution in [0.3, 0.4) is 0 Å². The Balaban J connectivity index is 2.88. The Morgan fingerprint density at radius 1 is 1.48 bits per heavy atom. The molecule has 4 N–H and O–H groups in total. The van der Waals surface area contributed by atoms with E-state index in [0.29, 0.717) is 6.54 Å². The number of carbonyl (C=O) groups excluding carboxylic acids is 1. The predicted molar refractivity (Wildman–Crippen MR) is 79.5 cm³/mol. The van der Waals surface area contributed by atoms with Crippen LogP contribution < -0.4 is 15.8 Å². The molecule has 0 spiro atoms. The summed E-state index contributed by atoms with van der Waals surface area (Å²) in [6.07, 6.45) is 2.77. The summed E-state index contributed by atoms with van der Waals surface area (Å²) in [5.74, 6) is -0.118. The summed E-state index contributed by atoms with van der Waals surface area (Å²) in [5.41, 5.74) is 5.84. The zero-order valence-corrected chi connectivity index (χ0v) is 13.4. The van der Waals surface area contributed by atoms with Crippen molar-refractivity contribution in [3.63, 3.8) is 0 Å². The van der Waals surface area contributed by atoms with Crippen molar-refractivity contribution in [1.29, 1.82) is 0 Å². The molecule has 0 aliphatic heterocycles. The van der Waals surface area contributed by atoms with Crippen LogP contribution in [0.4, 0.5) is 0 Å². The number of hydrogen-bond donors (Lipinski definition) is 3. The molecule has 0 bridgehead atoms. The molecule has 7 nitrogen and oxygen atoms in total. The molecule has 1 unspecified atom stereocenters. The number of sulfonamides is 1. The summed E-state index contributed by atoms with van der Waals surface area (Å²) < 4.78 is 30.6.